The molecule has 6 nitrogen and oxygen atoms in total. The molecular formula is C18H27N3O3S. The van der Waals surface area contributed by atoms with E-state index in [2.05, 4.69) is 19.2 Å². The van der Waals surface area contributed by atoms with Crippen LogP contribution < -0.4 is 5.32 Å². The van der Waals surface area contributed by atoms with Crippen LogP contribution in [0.3, 0.4) is 0 Å². The molecule has 1 aromatic rings. The zero-order valence-corrected chi connectivity index (χ0v) is 15.8. The smallest absolute Gasteiger partial charge is 0.243 e. The highest BCUT2D eigenvalue weighted by atomic mass is 32.2. The summed E-state index contributed by atoms with van der Waals surface area (Å²) in [6.45, 7) is 6.54. The van der Waals surface area contributed by atoms with Crippen LogP contribution in [-0.2, 0) is 14.8 Å². The maximum Gasteiger partial charge on any atom is 0.243 e. The number of rotatable bonds is 6. The van der Waals surface area contributed by atoms with Crippen molar-refractivity contribution in [2.45, 2.75) is 43.5 Å². The standard InChI is InChI=1S/C18H27N3O3S/c1-14(2)15-3-7-17(8-4-15)25(23,24)21-11-9-20(10-12-21)13-18(22)19-16-5-6-16/h3-4,7-8,14,16H,5-6,9-13H2,1-2H3,(H,19,22). The lowest BCUT2D eigenvalue weighted by Crippen LogP contribution is -2.51. The van der Waals surface area contributed by atoms with E-state index in [1.54, 1.807) is 12.1 Å². The lowest BCUT2D eigenvalue weighted by Gasteiger charge is -2.33. The van der Waals surface area contributed by atoms with Gasteiger partial charge in [0.1, 0.15) is 0 Å². The molecule has 1 aliphatic carbocycles. The van der Waals surface area contributed by atoms with Gasteiger partial charge in [-0.1, -0.05) is 26.0 Å². The number of hydrogen-bond acceptors (Lipinski definition) is 4. The first kappa shape index (κ1) is 18.4. The Kier molecular flexibility index (Phi) is 5.46. The average Bonchev–Trinajstić information content (AvgIpc) is 3.39. The molecule has 1 saturated carbocycles. The summed E-state index contributed by atoms with van der Waals surface area (Å²) in [6, 6.07) is 7.52. The first-order valence-corrected chi connectivity index (χ1v) is 10.4. The Morgan fingerprint density at radius 3 is 2.24 bits per heavy atom. The quantitative estimate of drug-likeness (QED) is 0.827. The monoisotopic (exact) mass is 365 g/mol. The highest BCUT2D eigenvalue weighted by molar-refractivity contribution is 7.89. The van der Waals surface area contributed by atoms with Crippen LogP contribution in [0.4, 0.5) is 0 Å². The molecule has 3 rings (SSSR count). The molecule has 7 heteroatoms. The van der Waals surface area contributed by atoms with E-state index in [1.807, 2.05) is 17.0 Å². The van der Waals surface area contributed by atoms with Crippen molar-refractivity contribution in [3.8, 4) is 0 Å². The second-order valence-corrected chi connectivity index (χ2v) is 9.18. The third-order valence-electron chi connectivity index (χ3n) is 4.83. The fourth-order valence-corrected chi connectivity index (χ4v) is 4.43. The van der Waals surface area contributed by atoms with E-state index in [0.29, 0.717) is 49.6 Å². The molecule has 1 amide bonds. The lowest BCUT2D eigenvalue weighted by molar-refractivity contribution is -0.122. The van der Waals surface area contributed by atoms with E-state index in [-0.39, 0.29) is 5.91 Å². The molecule has 0 spiro atoms. The summed E-state index contributed by atoms with van der Waals surface area (Å²) >= 11 is 0. The molecule has 0 radical (unpaired) electrons. The third kappa shape index (κ3) is 4.59. The Morgan fingerprint density at radius 2 is 1.72 bits per heavy atom. The van der Waals surface area contributed by atoms with Crippen molar-refractivity contribution in [2.75, 3.05) is 32.7 Å². The zero-order chi connectivity index (χ0) is 18.0. The van der Waals surface area contributed by atoms with E-state index >= 15 is 0 Å². The van der Waals surface area contributed by atoms with Crippen LogP contribution in [0.5, 0.6) is 0 Å². The summed E-state index contributed by atoms with van der Waals surface area (Å²) < 4.78 is 27.1. The van der Waals surface area contributed by atoms with Crippen LogP contribution in [-0.4, -0.2) is 62.3 Å². The van der Waals surface area contributed by atoms with Gasteiger partial charge in [0.15, 0.2) is 0 Å². The first-order chi connectivity index (χ1) is 11.9. The summed E-state index contributed by atoms with van der Waals surface area (Å²) in [4.78, 5) is 14.2. The molecule has 1 heterocycles. The molecule has 1 saturated heterocycles. The molecule has 138 valence electrons. The van der Waals surface area contributed by atoms with Gasteiger partial charge < -0.3 is 5.32 Å². The van der Waals surface area contributed by atoms with Crippen LogP contribution in [0.1, 0.15) is 38.2 Å². The van der Waals surface area contributed by atoms with Crippen molar-refractivity contribution in [3.05, 3.63) is 29.8 Å². The van der Waals surface area contributed by atoms with Gasteiger partial charge in [0.25, 0.3) is 0 Å². The molecule has 2 fully saturated rings. The topological polar surface area (TPSA) is 69.7 Å². The van der Waals surface area contributed by atoms with Crippen molar-refractivity contribution >= 4 is 15.9 Å². The predicted octanol–water partition coefficient (Wildman–Crippen LogP) is 1.39. The summed E-state index contributed by atoms with van der Waals surface area (Å²) in [5, 5.41) is 2.97. The molecule has 0 bridgehead atoms. The minimum atomic E-state index is -3.46. The van der Waals surface area contributed by atoms with Crippen LogP contribution >= 0.6 is 0 Å². The predicted molar refractivity (Wildman–Crippen MR) is 96.9 cm³/mol. The maximum absolute atomic E-state index is 12.8. The highest BCUT2D eigenvalue weighted by Crippen LogP contribution is 2.21. The molecule has 0 unspecified atom stereocenters. The first-order valence-electron chi connectivity index (χ1n) is 8.98. The van der Waals surface area contributed by atoms with Crippen LogP contribution in [0.2, 0.25) is 0 Å². The molecular weight excluding hydrogens is 338 g/mol. The zero-order valence-electron chi connectivity index (χ0n) is 14.9. The Morgan fingerprint density at radius 1 is 1.12 bits per heavy atom. The van der Waals surface area contributed by atoms with Crippen molar-refractivity contribution in [3.63, 3.8) is 0 Å². The largest absolute Gasteiger partial charge is 0.352 e. The normalized spacial score (nSPS) is 20.0. The minimum Gasteiger partial charge on any atom is -0.352 e. The SMILES string of the molecule is CC(C)c1ccc(S(=O)(=O)N2CCN(CC(=O)NC3CC3)CC2)cc1. The Labute approximate surface area is 150 Å². The van der Waals surface area contributed by atoms with E-state index in [9.17, 15) is 13.2 Å². The van der Waals surface area contributed by atoms with Gasteiger partial charge in [-0.25, -0.2) is 8.42 Å². The number of nitrogens with one attached hydrogen (secondary N) is 1. The number of piperazine rings is 1. The molecule has 1 N–H and O–H groups in total. The number of nitrogens with zero attached hydrogens (tertiary/aromatic N) is 2. The molecule has 1 aromatic carbocycles. The molecule has 25 heavy (non-hydrogen) atoms. The number of carbonyl (C=O) groups is 1. The van der Waals surface area contributed by atoms with Gasteiger partial charge in [0.2, 0.25) is 15.9 Å². The van der Waals surface area contributed by atoms with Gasteiger partial charge in [-0.3, -0.25) is 9.69 Å². The number of benzene rings is 1. The van der Waals surface area contributed by atoms with E-state index in [1.165, 1.54) is 4.31 Å². The molecule has 2 aliphatic rings. The fourth-order valence-electron chi connectivity index (χ4n) is 3.01. The van der Waals surface area contributed by atoms with Crippen LogP contribution in [0.15, 0.2) is 29.2 Å². The molecule has 1 aliphatic heterocycles. The maximum atomic E-state index is 12.8. The number of sulfonamides is 1. The second kappa shape index (κ2) is 7.43. The van der Waals surface area contributed by atoms with Gasteiger partial charge in [0.05, 0.1) is 11.4 Å². The van der Waals surface area contributed by atoms with Crippen molar-refractivity contribution < 1.29 is 13.2 Å². The number of carbonyl (C=O) groups excluding carboxylic acids is 1. The van der Waals surface area contributed by atoms with Gasteiger partial charge in [-0.2, -0.15) is 4.31 Å². The summed E-state index contributed by atoms with van der Waals surface area (Å²) in [5.41, 5.74) is 1.13. The van der Waals surface area contributed by atoms with E-state index in [4.69, 9.17) is 0 Å². The summed E-state index contributed by atoms with van der Waals surface area (Å²) in [7, 11) is -3.46. The second-order valence-electron chi connectivity index (χ2n) is 7.25. The average molecular weight is 365 g/mol. The van der Waals surface area contributed by atoms with Crippen LogP contribution in [0.25, 0.3) is 0 Å². The van der Waals surface area contributed by atoms with E-state index in [0.717, 1.165) is 18.4 Å². The Hall–Kier alpha value is -1.44. The van der Waals surface area contributed by atoms with Gasteiger partial charge in [-0.05, 0) is 36.5 Å². The molecule has 0 atom stereocenters. The minimum absolute atomic E-state index is 0.0445. The third-order valence-corrected chi connectivity index (χ3v) is 6.74. The number of hydrogen-bond donors (Lipinski definition) is 1. The van der Waals surface area contributed by atoms with Gasteiger partial charge in [-0.15, -0.1) is 0 Å². The molecule has 0 aromatic heterocycles. The van der Waals surface area contributed by atoms with E-state index < -0.39 is 10.0 Å². The van der Waals surface area contributed by atoms with Crippen molar-refractivity contribution in [1.29, 1.82) is 0 Å². The highest BCUT2D eigenvalue weighted by Gasteiger charge is 2.30. The van der Waals surface area contributed by atoms with Gasteiger partial charge in [0, 0.05) is 32.2 Å². The van der Waals surface area contributed by atoms with Crippen molar-refractivity contribution in [2.24, 2.45) is 0 Å². The summed E-state index contributed by atoms with van der Waals surface area (Å²) in [5.74, 6) is 0.421. The number of amides is 1. The fraction of sp³-hybridized carbons (Fsp3) is 0.611. The Bertz CT molecular complexity index is 704. The van der Waals surface area contributed by atoms with Crippen LogP contribution in [0, 0.1) is 0 Å². The van der Waals surface area contributed by atoms with Gasteiger partial charge >= 0.3 is 0 Å². The summed E-state index contributed by atoms with van der Waals surface area (Å²) in [6.07, 6.45) is 2.15. The Balaban J connectivity index is 1.56. The lowest BCUT2D eigenvalue weighted by atomic mass is 10.0. The van der Waals surface area contributed by atoms with Crippen molar-refractivity contribution in [1.82, 2.24) is 14.5 Å².